The molecule has 19 heavy (non-hydrogen) atoms. The zero-order valence-corrected chi connectivity index (χ0v) is 12.9. The normalized spacial score (nSPS) is 34.9. The fraction of sp³-hybridized carbons (Fsp3) is 1.00. The third kappa shape index (κ3) is 3.52. The van der Waals surface area contributed by atoms with E-state index in [0.29, 0.717) is 0 Å². The molecule has 3 aliphatic rings. The summed E-state index contributed by atoms with van der Waals surface area (Å²) in [6.07, 6.45) is 10.3. The van der Waals surface area contributed by atoms with Crippen molar-refractivity contribution in [2.75, 3.05) is 19.6 Å². The molecule has 1 N–H and O–H groups in total. The topological polar surface area (TPSA) is 15.3 Å². The lowest BCUT2D eigenvalue weighted by Gasteiger charge is -2.46. The van der Waals surface area contributed by atoms with E-state index in [0.717, 1.165) is 29.8 Å². The fourth-order valence-electron chi connectivity index (χ4n) is 4.33. The van der Waals surface area contributed by atoms with Crippen LogP contribution in [-0.4, -0.2) is 36.6 Å². The predicted molar refractivity (Wildman–Crippen MR) is 81.3 cm³/mol. The van der Waals surface area contributed by atoms with Gasteiger partial charge < -0.3 is 5.32 Å². The van der Waals surface area contributed by atoms with Gasteiger partial charge in [0.2, 0.25) is 0 Å². The summed E-state index contributed by atoms with van der Waals surface area (Å²) < 4.78 is 0. The van der Waals surface area contributed by atoms with Gasteiger partial charge in [-0.25, -0.2) is 0 Å². The number of rotatable bonds is 4. The van der Waals surface area contributed by atoms with Crippen LogP contribution in [0.1, 0.15) is 58.8 Å². The molecule has 1 heterocycles. The molecule has 3 rings (SSSR count). The second-order valence-corrected chi connectivity index (χ2v) is 7.67. The Morgan fingerprint density at radius 1 is 1.00 bits per heavy atom. The first-order valence-corrected chi connectivity index (χ1v) is 8.71. The average Bonchev–Trinajstić information content (AvgIpc) is 3.23. The molecule has 1 saturated heterocycles. The Morgan fingerprint density at radius 2 is 1.74 bits per heavy atom. The van der Waals surface area contributed by atoms with Crippen LogP contribution in [0.15, 0.2) is 0 Å². The highest BCUT2D eigenvalue weighted by atomic mass is 15.2. The highest BCUT2D eigenvalue weighted by Crippen LogP contribution is 2.36. The van der Waals surface area contributed by atoms with Crippen LogP contribution in [0.5, 0.6) is 0 Å². The molecule has 0 aromatic carbocycles. The molecule has 2 aliphatic carbocycles. The van der Waals surface area contributed by atoms with E-state index < -0.39 is 0 Å². The maximum Gasteiger partial charge on any atom is 0.0249 e. The highest BCUT2D eigenvalue weighted by Gasteiger charge is 2.39. The molecule has 2 atom stereocenters. The van der Waals surface area contributed by atoms with E-state index in [1.54, 1.807) is 0 Å². The lowest BCUT2D eigenvalue weighted by molar-refractivity contribution is 0.0577. The first-order chi connectivity index (χ1) is 9.24. The summed E-state index contributed by atoms with van der Waals surface area (Å²) in [6.45, 7) is 8.66. The molecule has 0 aromatic heterocycles. The molecule has 0 aromatic rings. The van der Waals surface area contributed by atoms with Crippen molar-refractivity contribution in [2.45, 2.75) is 70.9 Å². The summed E-state index contributed by atoms with van der Waals surface area (Å²) in [5, 5.41) is 3.89. The van der Waals surface area contributed by atoms with Crippen molar-refractivity contribution in [2.24, 2.45) is 17.8 Å². The number of hydrogen-bond acceptors (Lipinski definition) is 2. The fourth-order valence-corrected chi connectivity index (χ4v) is 4.33. The molecule has 2 heteroatoms. The van der Waals surface area contributed by atoms with Gasteiger partial charge in [0.1, 0.15) is 0 Å². The Bertz CT molecular complexity index is 279. The van der Waals surface area contributed by atoms with E-state index in [1.165, 1.54) is 64.6 Å². The molecule has 0 bridgehead atoms. The van der Waals surface area contributed by atoms with Crippen molar-refractivity contribution in [3.8, 4) is 0 Å². The standard InChI is InChI=1S/C17H32N2/c1-13(2)11-19-12-16(14-8-9-14)18-10-17(19)15-6-4-3-5-7-15/h13-18H,3-12H2,1-2H3. The second kappa shape index (κ2) is 6.13. The van der Waals surface area contributed by atoms with Gasteiger partial charge >= 0.3 is 0 Å². The Balaban J connectivity index is 1.62. The van der Waals surface area contributed by atoms with Crippen LogP contribution in [0.4, 0.5) is 0 Å². The lowest BCUT2D eigenvalue weighted by Crippen LogP contribution is -2.60. The SMILES string of the molecule is CC(C)CN1CC(C2CC2)NCC1C1CCCCC1. The van der Waals surface area contributed by atoms with E-state index in [2.05, 4.69) is 24.1 Å². The quantitative estimate of drug-likeness (QED) is 0.838. The van der Waals surface area contributed by atoms with Gasteiger partial charge in [-0.1, -0.05) is 33.1 Å². The Labute approximate surface area is 119 Å². The summed E-state index contributed by atoms with van der Waals surface area (Å²) in [7, 11) is 0. The highest BCUT2D eigenvalue weighted by molar-refractivity contribution is 4.96. The van der Waals surface area contributed by atoms with E-state index in [9.17, 15) is 0 Å². The van der Waals surface area contributed by atoms with Gasteiger partial charge in [0.15, 0.2) is 0 Å². The molecule has 1 aliphatic heterocycles. The zero-order valence-electron chi connectivity index (χ0n) is 12.9. The first-order valence-electron chi connectivity index (χ1n) is 8.71. The van der Waals surface area contributed by atoms with E-state index in [-0.39, 0.29) is 0 Å². The zero-order chi connectivity index (χ0) is 13.2. The third-order valence-corrected chi connectivity index (χ3v) is 5.47. The van der Waals surface area contributed by atoms with Crippen LogP contribution in [0.25, 0.3) is 0 Å². The van der Waals surface area contributed by atoms with Crippen molar-refractivity contribution >= 4 is 0 Å². The summed E-state index contributed by atoms with van der Waals surface area (Å²) in [5.74, 6) is 2.78. The number of nitrogens with one attached hydrogen (secondary N) is 1. The molecule has 2 nitrogen and oxygen atoms in total. The van der Waals surface area contributed by atoms with Crippen molar-refractivity contribution in [3.63, 3.8) is 0 Å². The van der Waals surface area contributed by atoms with Crippen LogP contribution < -0.4 is 5.32 Å². The van der Waals surface area contributed by atoms with Gasteiger partial charge in [-0.05, 0) is 43.4 Å². The minimum absolute atomic E-state index is 0.804. The Hall–Kier alpha value is -0.0800. The van der Waals surface area contributed by atoms with Crippen LogP contribution in [0.3, 0.4) is 0 Å². The molecule has 3 fully saturated rings. The molecule has 2 unspecified atom stereocenters. The van der Waals surface area contributed by atoms with Gasteiger partial charge in [-0.3, -0.25) is 4.90 Å². The maximum atomic E-state index is 3.89. The van der Waals surface area contributed by atoms with Crippen LogP contribution in [-0.2, 0) is 0 Å². The minimum atomic E-state index is 0.804. The van der Waals surface area contributed by atoms with Gasteiger partial charge in [-0.15, -0.1) is 0 Å². The molecule has 0 amide bonds. The molecule has 110 valence electrons. The number of nitrogens with zero attached hydrogens (tertiary/aromatic N) is 1. The van der Waals surface area contributed by atoms with Crippen LogP contribution >= 0.6 is 0 Å². The summed E-state index contributed by atoms with van der Waals surface area (Å²) in [4.78, 5) is 2.86. The van der Waals surface area contributed by atoms with E-state index in [1.807, 2.05) is 0 Å². The monoisotopic (exact) mass is 264 g/mol. The van der Waals surface area contributed by atoms with Crippen molar-refractivity contribution in [1.29, 1.82) is 0 Å². The van der Waals surface area contributed by atoms with Crippen LogP contribution in [0, 0.1) is 17.8 Å². The van der Waals surface area contributed by atoms with Gasteiger partial charge in [0.25, 0.3) is 0 Å². The summed E-state index contributed by atoms with van der Waals surface area (Å²) >= 11 is 0. The molecule has 0 radical (unpaired) electrons. The maximum absolute atomic E-state index is 3.89. The van der Waals surface area contributed by atoms with Gasteiger partial charge in [0.05, 0.1) is 0 Å². The second-order valence-electron chi connectivity index (χ2n) is 7.67. The van der Waals surface area contributed by atoms with Crippen molar-refractivity contribution in [1.82, 2.24) is 10.2 Å². The molecular formula is C17H32N2. The van der Waals surface area contributed by atoms with Gasteiger partial charge in [0, 0.05) is 31.7 Å². The molecular weight excluding hydrogens is 232 g/mol. The Morgan fingerprint density at radius 3 is 2.37 bits per heavy atom. The molecule has 0 spiro atoms. The summed E-state index contributed by atoms with van der Waals surface area (Å²) in [6, 6.07) is 1.64. The first kappa shape index (κ1) is 13.9. The van der Waals surface area contributed by atoms with Crippen molar-refractivity contribution < 1.29 is 0 Å². The molecule has 2 saturated carbocycles. The predicted octanol–water partition coefficient (Wildman–Crippen LogP) is 3.28. The Kier molecular flexibility index (Phi) is 4.48. The number of piperazine rings is 1. The lowest BCUT2D eigenvalue weighted by atomic mass is 9.81. The van der Waals surface area contributed by atoms with E-state index >= 15 is 0 Å². The third-order valence-electron chi connectivity index (χ3n) is 5.47. The largest absolute Gasteiger partial charge is 0.311 e. The number of hydrogen-bond donors (Lipinski definition) is 1. The van der Waals surface area contributed by atoms with E-state index in [4.69, 9.17) is 0 Å². The van der Waals surface area contributed by atoms with Crippen LogP contribution in [0.2, 0.25) is 0 Å². The smallest absolute Gasteiger partial charge is 0.0249 e. The van der Waals surface area contributed by atoms with Gasteiger partial charge in [-0.2, -0.15) is 0 Å². The van der Waals surface area contributed by atoms with Crippen molar-refractivity contribution in [3.05, 3.63) is 0 Å². The minimum Gasteiger partial charge on any atom is -0.311 e. The average molecular weight is 264 g/mol. The summed E-state index contributed by atoms with van der Waals surface area (Å²) in [5.41, 5.74) is 0.